The van der Waals surface area contributed by atoms with Gasteiger partial charge in [-0.3, -0.25) is 0 Å². The fourth-order valence-electron chi connectivity index (χ4n) is 2.33. The molecule has 0 saturated heterocycles. The lowest BCUT2D eigenvalue weighted by Gasteiger charge is -2.15. The number of benzene rings is 1. The van der Waals surface area contributed by atoms with E-state index in [1.54, 1.807) is 25.4 Å². The zero-order valence-corrected chi connectivity index (χ0v) is 16.0. The number of carbonyl (C=O) groups excluding carboxylic acids is 1. The molecule has 0 spiro atoms. The van der Waals surface area contributed by atoms with E-state index in [0.29, 0.717) is 11.8 Å². The summed E-state index contributed by atoms with van der Waals surface area (Å²) in [4.78, 5) is 24.3. The third kappa shape index (κ3) is 4.42. The standard InChI is InChI=1S/C15H15ClN8O3S/c1-9(13-20-8-21-24(13)14-18-5-2-6-19-14)22-15(25)23-10-3-4-11(16)12(7-10)28(17,26)27/h2-9H,1H3,(H2,17,26,27)(H2,22,23,25)/t9-/m0/s1. The number of halogens is 1. The Morgan fingerprint density at radius 2 is 1.96 bits per heavy atom. The van der Waals surface area contributed by atoms with Crippen LogP contribution >= 0.6 is 11.6 Å². The normalized spacial score (nSPS) is 12.4. The first-order valence-electron chi connectivity index (χ1n) is 7.83. The van der Waals surface area contributed by atoms with Gasteiger partial charge in [-0.25, -0.2) is 33.3 Å². The van der Waals surface area contributed by atoms with Crippen LogP contribution in [0.2, 0.25) is 5.02 Å². The molecular formula is C15H15ClN8O3S. The second kappa shape index (κ2) is 7.88. The van der Waals surface area contributed by atoms with E-state index in [9.17, 15) is 13.2 Å². The molecule has 0 fully saturated rings. The van der Waals surface area contributed by atoms with Gasteiger partial charge < -0.3 is 10.6 Å². The number of nitrogens with one attached hydrogen (secondary N) is 2. The number of nitrogens with two attached hydrogens (primary N) is 1. The second-order valence-electron chi connectivity index (χ2n) is 5.59. The third-order valence-electron chi connectivity index (χ3n) is 3.55. The maximum absolute atomic E-state index is 12.3. The van der Waals surface area contributed by atoms with Crippen molar-refractivity contribution in [1.82, 2.24) is 30.0 Å². The first-order valence-corrected chi connectivity index (χ1v) is 9.75. The van der Waals surface area contributed by atoms with E-state index in [2.05, 4.69) is 30.7 Å². The highest BCUT2D eigenvalue weighted by atomic mass is 35.5. The van der Waals surface area contributed by atoms with Gasteiger partial charge in [0.25, 0.3) is 5.95 Å². The molecule has 4 N–H and O–H groups in total. The Labute approximate surface area is 165 Å². The van der Waals surface area contributed by atoms with E-state index in [0.717, 1.165) is 0 Å². The Morgan fingerprint density at radius 3 is 2.64 bits per heavy atom. The molecule has 13 heteroatoms. The smallest absolute Gasteiger partial charge is 0.319 e. The maximum atomic E-state index is 12.3. The monoisotopic (exact) mass is 422 g/mol. The number of rotatable bonds is 5. The van der Waals surface area contributed by atoms with E-state index in [1.807, 2.05) is 0 Å². The number of urea groups is 1. The van der Waals surface area contributed by atoms with Gasteiger partial charge in [0.2, 0.25) is 10.0 Å². The zero-order chi connectivity index (χ0) is 20.3. The summed E-state index contributed by atoms with van der Waals surface area (Å²) < 4.78 is 24.5. The van der Waals surface area contributed by atoms with E-state index >= 15 is 0 Å². The van der Waals surface area contributed by atoms with E-state index in [4.69, 9.17) is 16.7 Å². The van der Waals surface area contributed by atoms with Crippen LogP contribution in [0.4, 0.5) is 10.5 Å². The van der Waals surface area contributed by atoms with Crippen LogP contribution in [0.3, 0.4) is 0 Å². The molecule has 3 aromatic rings. The zero-order valence-electron chi connectivity index (χ0n) is 14.4. The summed E-state index contributed by atoms with van der Waals surface area (Å²) in [5.74, 6) is 0.710. The van der Waals surface area contributed by atoms with Crippen LogP contribution in [0.15, 0.2) is 47.9 Å². The average molecular weight is 423 g/mol. The number of carbonyl (C=O) groups is 1. The van der Waals surface area contributed by atoms with Crippen LogP contribution in [0.1, 0.15) is 18.8 Å². The van der Waals surface area contributed by atoms with Gasteiger partial charge in [0.1, 0.15) is 11.2 Å². The van der Waals surface area contributed by atoms with Gasteiger partial charge in [-0.05, 0) is 31.2 Å². The molecule has 0 aliphatic carbocycles. The average Bonchev–Trinajstić information content (AvgIpc) is 3.13. The summed E-state index contributed by atoms with van der Waals surface area (Å²) in [5.41, 5.74) is 0.200. The Hall–Kier alpha value is -3.09. The highest BCUT2D eigenvalue weighted by molar-refractivity contribution is 7.89. The molecule has 0 aliphatic rings. The third-order valence-corrected chi connectivity index (χ3v) is 4.94. The Balaban J connectivity index is 1.74. The molecular weight excluding hydrogens is 408 g/mol. The molecule has 0 unspecified atom stereocenters. The summed E-state index contributed by atoms with van der Waals surface area (Å²) in [7, 11) is -4.03. The number of amides is 2. The largest absolute Gasteiger partial charge is 0.328 e. The minimum Gasteiger partial charge on any atom is -0.328 e. The maximum Gasteiger partial charge on any atom is 0.319 e. The first-order chi connectivity index (χ1) is 13.3. The Kier molecular flexibility index (Phi) is 5.53. The van der Waals surface area contributed by atoms with Crippen molar-refractivity contribution in [3.8, 4) is 5.95 Å². The summed E-state index contributed by atoms with van der Waals surface area (Å²) >= 11 is 5.83. The molecule has 0 saturated carbocycles. The van der Waals surface area contributed by atoms with Crippen LogP contribution in [0.5, 0.6) is 0 Å². The number of primary sulfonamides is 1. The number of anilines is 1. The van der Waals surface area contributed by atoms with Crippen molar-refractivity contribution >= 4 is 33.3 Å². The topological polar surface area (TPSA) is 158 Å². The van der Waals surface area contributed by atoms with Crippen molar-refractivity contribution < 1.29 is 13.2 Å². The molecule has 0 radical (unpaired) electrons. The van der Waals surface area contributed by atoms with Gasteiger partial charge >= 0.3 is 6.03 Å². The van der Waals surface area contributed by atoms with Crippen molar-refractivity contribution in [1.29, 1.82) is 0 Å². The Morgan fingerprint density at radius 1 is 1.25 bits per heavy atom. The van der Waals surface area contributed by atoms with E-state index < -0.39 is 22.1 Å². The summed E-state index contributed by atoms with van der Waals surface area (Å²) in [5, 5.41) is 14.3. The first kappa shape index (κ1) is 19.7. The van der Waals surface area contributed by atoms with Crippen LogP contribution < -0.4 is 15.8 Å². The SMILES string of the molecule is C[C@H](NC(=O)Nc1ccc(Cl)c(S(N)(=O)=O)c1)c1ncnn1-c1ncccn1. The molecule has 3 rings (SSSR count). The highest BCUT2D eigenvalue weighted by Crippen LogP contribution is 2.24. The van der Waals surface area contributed by atoms with Crippen molar-refractivity contribution in [2.45, 2.75) is 17.9 Å². The molecule has 2 aromatic heterocycles. The molecule has 146 valence electrons. The van der Waals surface area contributed by atoms with Gasteiger partial charge in [-0.15, -0.1) is 0 Å². The lowest BCUT2D eigenvalue weighted by Crippen LogP contribution is -2.32. The highest BCUT2D eigenvalue weighted by Gasteiger charge is 2.19. The molecule has 2 amide bonds. The predicted octanol–water partition coefficient (Wildman–Crippen LogP) is 1.24. The fourth-order valence-corrected chi connectivity index (χ4v) is 3.40. The van der Waals surface area contributed by atoms with Gasteiger partial charge in [-0.1, -0.05) is 11.6 Å². The number of aromatic nitrogens is 5. The lowest BCUT2D eigenvalue weighted by molar-refractivity contribution is 0.248. The number of hydrogen-bond acceptors (Lipinski definition) is 7. The van der Waals surface area contributed by atoms with Gasteiger partial charge in [0.15, 0.2) is 5.82 Å². The van der Waals surface area contributed by atoms with Crippen LogP contribution in [-0.4, -0.2) is 39.2 Å². The summed E-state index contributed by atoms with van der Waals surface area (Å²) in [6.07, 6.45) is 4.43. The van der Waals surface area contributed by atoms with Crippen LogP contribution in [0.25, 0.3) is 5.95 Å². The lowest BCUT2D eigenvalue weighted by atomic mass is 10.3. The van der Waals surface area contributed by atoms with Crippen molar-refractivity contribution in [2.75, 3.05) is 5.32 Å². The van der Waals surface area contributed by atoms with Crippen LogP contribution in [0, 0.1) is 0 Å². The predicted molar refractivity (Wildman–Crippen MR) is 100 cm³/mol. The Bertz CT molecular complexity index is 1100. The fraction of sp³-hybridized carbons (Fsp3) is 0.133. The minimum absolute atomic E-state index is 0.0437. The summed E-state index contributed by atoms with van der Waals surface area (Å²) in [6, 6.07) is 4.44. The van der Waals surface area contributed by atoms with Gasteiger partial charge in [0, 0.05) is 18.1 Å². The van der Waals surface area contributed by atoms with Gasteiger partial charge in [-0.2, -0.15) is 9.78 Å². The number of nitrogens with zero attached hydrogens (tertiary/aromatic N) is 5. The minimum atomic E-state index is -4.03. The van der Waals surface area contributed by atoms with Gasteiger partial charge in [0.05, 0.1) is 11.1 Å². The van der Waals surface area contributed by atoms with Crippen molar-refractivity contribution in [3.05, 3.63) is 53.8 Å². The molecule has 0 bridgehead atoms. The number of hydrogen-bond donors (Lipinski definition) is 3. The number of sulfonamides is 1. The summed E-state index contributed by atoms with van der Waals surface area (Å²) in [6.45, 7) is 1.70. The second-order valence-corrected chi connectivity index (χ2v) is 7.53. The molecule has 2 heterocycles. The van der Waals surface area contributed by atoms with Crippen molar-refractivity contribution in [2.24, 2.45) is 5.14 Å². The van der Waals surface area contributed by atoms with E-state index in [1.165, 1.54) is 29.2 Å². The molecule has 11 nitrogen and oxygen atoms in total. The molecule has 0 aliphatic heterocycles. The van der Waals surface area contributed by atoms with Crippen molar-refractivity contribution in [3.63, 3.8) is 0 Å². The molecule has 28 heavy (non-hydrogen) atoms. The van der Waals surface area contributed by atoms with Crippen LogP contribution in [-0.2, 0) is 10.0 Å². The molecule has 1 aromatic carbocycles. The molecule has 1 atom stereocenters. The van der Waals surface area contributed by atoms with E-state index in [-0.39, 0.29) is 15.6 Å². The quantitative estimate of drug-likeness (QED) is 0.557.